The van der Waals surface area contributed by atoms with E-state index < -0.39 is 0 Å². The maximum absolute atomic E-state index is 2.42. The fourth-order valence-electron chi connectivity index (χ4n) is 3.93. The maximum Gasteiger partial charge on any atom is -0.00989 e. The molecule has 0 heteroatoms. The van der Waals surface area contributed by atoms with Crippen LogP contribution in [0.15, 0.2) is 54.6 Å². The van der Waals surface area contributed by atoms with Crippen LogP contribution in [0.4, 0.5) is 0 Å². The van der Waals surface area contributed by atoms with Crippen molar-refractivity contribution >= 4 is 0 Å². The molecule has 0 radical (unpaired) electrons. The van der Waals surface area contributed by atoms with Crippen molar-refractivity contribution in [3.05, 3.63) is 60.2 Å². The molecule has 17 heavy (non-hydrogen) atoms. The Morgan fingerprint density at radius 1 is 0.765 bits per heavy atom. The largest absolute Gasteiger partial charge is 0.0805 e. The molecule has 0 N–H and O–H groups in total. The van der Waals surface area contributed by atoms with Gasteiger partial charge >= 0.3 is 0 Å². The van der Waals surface area contributed by atoms with Crippen molar-refractivity contribution in [2.45, 2.75) is 19.8 Å². The molecular formula is C17H20. The minimum absolute atomic E-state index is 0.707. The first-order valence-electron chi connectivity index (χ1n) is 6.69. The second-order valence-corrected chi connectivity index (χ2v) is 5.58. The van der Waals surface area contributed by atoms with Crippen LogP contribution in [0, 0.1) is 23.7 Å². The first kappa shape index (κ1) is 10.8. The molecule has 1 aromatic rings. The van der Waals surface area contributed by atoms with Crippen molar-refractivity contribution in [3.63, 3.8) is 0 Å². The third-order valence-electron chi connectivity index (χ3n) is 4.75. The Hall–Kier alpha value is -1.30. The van der Waals surface area contributed by atoms with Crippen LogP contribution >= 0.6 is 0 Å². The zero-order chi connectivity index (χ0) is 11.8. The molecule has 0 amide bonds. The normalized spacial score (nSPS) is 39.3. The van der Waals surface area contributed by atoms with Gasteiger partial charge in [0.2, 0.25) is 0 Å². The van der Waals surface area contributed by atoms with Crippen molar-refractivity contribution in [1.29, 1.82) is 0 Å². The first-order valence-corrected chi connectivity index (χ1v) is 6.69. The van der Waals surface area contributed by atoms with E-state index in [1.807, 2.05) is 0 Å². The summed E-state index contributed by atoms with van der Waals surface area (Å²) in [6.45, 7) is 4.84. The Labute approximate surface area is 104 Å². The summed E-state index contributed by atoms with van der Waals surface area (Å²) in [4.78, 5) is 0. The Morgan fingerprint density at radius 2 is 1.29 bits per heavy atom. The van der Waals surface area contributed by atoms with Crippen LogP contribution in [0.3, 0.4) is 0 Å². The van der Waals surface area contributed by atoms with Gasteiger partial charge in [-0.1, -0.05) is 68.5 Å². The van der Waals surface area contributed by atoms with Crippen molar-refractivity contribution < 1.29 is 0 Å². The molecule has 0 aromatic heterocycles. The fourth-order valence-corrected chi connectivity index (χ4v) is 3.93. The Bertz CT molecular complexity index is 416. The van der Waals surface area contributed by atoms with Gasteiger partial charge < -0.3 is 0 Å². The average Bonchev–Trinajstić information content (AvgIpc) is 2.64. The predicted molar refractivity (Wildman–Crippen MR) is 72.8 cm³/mol. The highest BCUT2D eigenvalue weighted by Crippen LogP contribution is 2.52. The lowest BCUT2D eigenvalue weighted by Gasteiger charge is -2.21. The van der Waals surface area contributed by atoms with Gasteiger partial charge in [-0.05, 0) is 35.2 Å². The Balaban J connectivity index is 1.97. The van der Waals surface area contributed by atoms with E-state index >= 15 is 0 Å². The maximum atomic E-state index is 2.42. The molecule has 2 aliphatic carbocycles. The summed E-state index contributed by atoms with van der Waals surface area (Å²) in [5.41, 5.74) is 1.52. The van der Waals surface area contributed by atoms with E-state index in [0.717, 1.165) is 23.7 Å². The van der Waals surface area contributed by atoms with Crippen LogP contribution in [0.2, 0.25) is 0 Å². The number of benzene rings is 1. The second kappa shape index (κ2) is 4.18. The summed E-state index contributed by atoms with van der Waals surface area (Å²) in [6, 6.07) is 11.0. The third kappa shape index (κ3) is 1.67. The summed E-state index contributed by atoms with van der Waals surface area (Å²) in [5.74, 6) is 3.68. The molecular weight excluding hydrogens is 204 g/mol. The fraction of sp³-hybridized carbons (Fsp3) is 0.412. The van der Waals surface area contributed by atoms with E-state index in [0.29, 0.717) is 5.92 Å². The molecule has 1 aromatic carbocycles. The number of hydrogen-bond acceptors (Lipinski definition) is 0. The van der Waals surface area contributed by atoms with Gasteiger partial charge in [0.1, 0.15) is 0 Å². The Morgan fingerprint density at radius 3 is 1.82 bits per heavy atom. The van der Waals surface area contributed by atoms with Crippen LogP contribution in [-0.4, -0.2) is 0 Å². The summed E-state index contributed by atoms with van der Waals surface area (Å²) in [5, 5.41) is 0. The molecule has 0 nitrogen and oxygen atoms in total. The summed E-state index contributed by atoms with van der Waals surface area (Å²) in [6.07, 6.45) is 9.26. The van der Waals surface area contributed by atoms with Gasteiger partial charge in [-0.3, -0.25) is 0 Å². The molecule has 0 aliphatic heterocycles. The van der Waals surface area contributed by atoms with Crippen LogP contribution in [0.1, 0.15) is 25.3 Å². The molecule has 1 fully saturated rings. The van der Waals surface area contributed by atoms with E-state index in [2.05, 4.69) is 68.5 Å². The van der Waals surface area contributed by atoms with Crippen LogP contribution in [0.25, 0.3) is 0 Å². The van der Waals surface area contributed by atoms with E-state index in [1.165, 1.54) is 5.56 Å². The van der Waals surface area contributed by atoms with Gasteiger partial charge in [0.25, 0.3) is 0 Å². The summed E-state index contributed by atoms with van der Waals surface area (Å²) in [7, 11) is 0. The number of allylic oxidation sites excluding steroid dienone is 4. The van der Waals surface area contributed by atoms with Gasteiger partial charge in [-0.15, -0.1) is 0 Å². The summed E-state index contributed by atoms with van der Waals surface area (Å²) >= 11 is 0. The van der Waals surface area contributed by atoms with Crippen molar-refractivity contribution in [3.8, 4) is 0 Å². The molecule has 0 heterocycles. The van der Waals surface area contributed by atoms with Gasteiger partial charge in [0, 0.05) is 0 Å². The van der Waals surface area contributed by atoms with Crippen LogP contribution < -0.4 is 0 Å². The highest BCUT2D eigenvalue weighted by molar-refractivity contribution is 5.28. The molecule has 2 aliphatic rings. The molecule has 4 atom stereocenters. The van der Waals surface area contributed by atoms with E-state index in [1.54, 1.807) is 0 Å². The lowest BCUT2D eigenvalue weighted by atomic mass is 9.83. The van der Waals surface area contributed by atoms with Gasteiger partial charge in [0.05, 0.1) is 0 Å². The van der Waals surface area contributed by atoms with E-state index in [4.69, 9.17) is 0 Å². The van der Waals surface area contributed by atoms with Crippen LogP contribution in [-0.2, 0) is 0 Å². The molecule has 0 spiro atoms. The molecule has 3 rings (SSSR count). The highest BCUT2D eigenvalue weighted by atomic mass is 14.5. The zero-order valence-corrected chi connectivity index (χ0v) is 10.6. The smallest absolute Gasteiger partial charge is 0.00989 e. The molecule has 0 saturated heterocycles. The van der Waals surface area contributed by atoms with E-state index in [-0.39, 0.29) is 0 Å². The minimum Gasteiger partial charge on any atom is -0.0805 e. The Kier molecular flexibility index (Phi) is 2.66. The topological polar surface area (TPSA) is 0 Å². The average molecular weight is 224 g/mol. The first-order chi connectivity index (χ1) is 8.29. The standard InChI is InChI=1S/C17H20/c1-12-15-10-6-7-11-16(15)13(2)17(12)14-8-4-3-5-9-14/h3-13,15-17H,1-2H3. The van der Waals surface area contributed by atoms with Gasteiger partial charge in [-0.25, -0.2) is 0 Å². The van der Waals surface area contributed by atoms with Crippen molar-refractivity contribution in [2.24, 2.45) is 23.7 Å². The minimum atomic E-state index is 0.707. The SMILES string of the molecule is CC1C2C=CC=CC2C(C)C1c1ccccc1. The number of rotatable bonds is 1. The van der Waals surface area contributed by atoms with Crippen molar-refractivity contribution in [1.82, 2.24) is 0 Å². The molecule has 0 bridgehead atoms. The monoisotopic (exact) mass is 224 g/mol. The highest BCUT2D eigenvalue weighted by Gasteiger charge is 2.44. The van der Waals surface area contributed by atoms with E-state index in [9.17, 15) is 0 Å². The lowest BCUT2D eigenvalue weighted by molar-refractivity contribution is 0.427. The molecule has 88 valence electrons. The second-order valence-electron chi connectivity index (χ2n) is 5.58. The number of fused-ring (bicyclic) bond motifs is 1. The molecule has 1 saturated carbocycles. The number of hydrogen-bond donors (Lipinski definition) is 0. The van der Waals surface area contributed by atoms with Crippen molar-refractivity contribution in [2.75, 3.05) is 0 Å². The molecule has 4 unspecified atom stereocenters. The van der Waals surface area contributed by atoms with Gasteiger partial charge in [0.15, 0.2) is 0 Å². The summed E-state index contributed by atoms with van der Waals surface area (Å²) < 4.78 is 0. The van der Waals surface area contributed by atoms with Crippen LogP contribution in [0.5, 0.6) is 0 Å². The predicted octanol–water partition coefficient (Wildman–Crippen LogP) is 4.41. The zero-order valence-electron chi connectivity index (χ0n) is 10.6. The quantitative estimate of drug-likeness (QED) is 0.662. The third-order valence-corrected chi connectivity index (χ3v) is 4.75. The van der Waals surface area contributed by atoms with Gasteiger partial charge in [-0.2, -0.15) is 0 Å². The lowest BCUT2D eigenvalue weighted by Crippen LogP contribution is -2.12.